The number of nitrogens with two attached hydrogens (primary N) is 1. The third kappa shape index (κ3) is 3.53. The molecule has 0 aliphatic rings. The van der Waals surface area contributed by atoms with Gasteiger partial charge in [-0.3, -0.25) is 5.41 Å². The highest BCUT2D eigenvalue weighted by molar-refractivity contribution is 14.1. The maximum absolute atomic E-state index is 12.4. The van der Waals surface area contributed by atoms with Gasteiger partial charge in [-0.2, -0.15) is 13.2 Å². The second-order valence-corrected chi connectivity index (χ2v) is 3.85. The molecule has 1 aromatic rings. The highest BCUT2D eigenvalue weighted by Crippen LogP contribution is 2.32. The molecule has 0 saturated carbocycles. The van der Waals surface area contributed by atoms with Crippen LogP contribution in [0.5, 0.6) is 0 Å². The quantitative estimate of drug-likeness (QED) is 0.457. The first-order valence-corrected chi connectivity index (χ1v) is 4.61. The van der Waals surface area contributed by atoms with Crippen molar-refractivity contribution in [1.82, 2.24) is 0 Å². The molecule has 0 bridgehead atoms. The van der Waals surface area contributed by atoms with Crippen LogP contribution in [-0.4, -0.2) is 5.84 Å². The molecule has 0 aliphatic heterocycles. The zero-order chi connectivity index (χ0) is 10.9. The molecule has 3 N–H and O–H groups in total. The predicted molar refractivity (Wildman–Crippen MR) is 62.4 cm³/mol. The molecule has 1 rings (SSSR count). The second kappa shape index (κ2) is 5.02. The van der Waals surface area contributed by atoms with E-state index in [1.54, 1.807) is 22.6 Å². The molecule has 0 atom stereocenters. The van der Waals surface area contributed by atoms with E-state index >= 15 is 0 Å². The Kier molecular flexibility index (Phi) is 4.85. The molecule has 2 nitrogen and oxygen atoms in total. The summed E-state index contributed by atoms with van der Waals surface area (Å²) in [6.45, 7) is 0. The normalized spacial score (nSPS) is 10.7. The Balaban J connectivity index is 0.00000196. The summed E-state index contributed by atoms with van der Waals surface area (Å²) < 4.78 is 37.8. The van der Waals surface area contributed by atoms with Crippen molar-refractivity contribution in [2.45, 2.75) is 6.18 Å². The van der Waals surface area contributed by atoms with Crippen molar-refractivity contribution in [3.63, 3.8) is 0 Å². The Labute approximate surface area is 104 Å². The summed E-state index contributed by atoms with van der Waals surface area (Å²) in [5, 5.41) is 7.00. The Morgan fingerprint density at radius 3 is 2.27 bits per heavy atom. The van der Waals surface area contributed by atoms with Gasteiger partial charge in [-0.05, 0) is 40.8 Å². The van der Waals surface area contributed by atoms with E-state index in [2.05, 4.69) is 0 Å². The minimum atomic E-state index is -4.47. The van der Waals surface area contributed by atoms with Crippen molar-refractivity contribution in [3.05, 3.63) is 32.9 Å². The first-order chi connectivity index (χ1) is 6.32. The summed E-state index contributed by atoms with van der Waals surface area (Å²) in [6, 6.07) is 3.65. The Hall–Kier alpha value is -0.500. The minimum Gasteiger partial charge on any atom is -0.384 e. The van der Waals surface area contributed by atoms with Gasteiger partial charge in [0.2, 0.25) is 0 Å². The smallest absolute Gasteiger partial charge is 0.384 e. The Bertz CT molecular complexity index is 379. The Morgan fingerprint density at radius 2 is 1.87 bits per heavy atom. The zero-order valence-electron chi connectivity index (χ0n) is 7.23. The van der Waals surface area contributed by atoms with Crippen LogP contribution in [0.15, 0.2) is 18.2 Å². The molecular formula is C8H7ClF3IN2. The molecule has 0 unspecified atom stereocenters. The van der Waals surface area contributed by atoms with Gasteiger partial charge >= 0.3 is 6.18 Å². The molecule has 0 fully saturated rings. The van der Waals surface area contributed by atoms with Gasteiger partial charge < -0.3 is 5.73 Å². The molecule has 0 amide bonds. The molecule has 0 saturated heterocycles. The number of hydrogen-bond donors (Lipinski definition) is 2. The number of nitrogen functional groups attached to an aromatic ring is 1. The third-order valence-electron chi connectivity index (χ3n) is 1.58. The summed E-state index contributed by atoms with van der Waals surface area (Å²) in [6.07, 6.45) is -4.47. The van der Waals surface area contributed by atoms with Crippen LogP contribution < -0.4 is 5.73 Å². The van der Waals surface area contributed by atoms with Gasteiger partial charge in [0.1, 0.15) is 5.84 Å². The molecule has 7 heteroatoms. The first kappa shape index (κ1) is 14.5. The van der Waals surface area contributed by atoms with E-state index < -0.39 is 17.6 Å². The zero-order valence-corrected chi connectivity index (χ0v) is 10.2. The number of halogens is 5. The van der Waals surface area contributed by atoms with Crippen LogP contribution in [0.2, 0.25) is 0 Å². The van der Waals surface area contributed by atoms with Crippen LogP contribution in [0.4, 0.5) is 13.2 Å². The molecule has 1 aromatic carbocycles. The van der Waals surface area contributed by atoms with E-state index in [0.717, 1.165) is 6.07 Å². The summed E-state index contributed by atoms with van der Waals surface area (Å²) >= 11 is 1.77. The lowest BCUT2D eigenvalue weighted by atomic mass is 10.1. The van der Waals surface area contributed by atoms with Crippen molar-refractivity contribution in [2.75, 3.05) is 0 Å². The molecule has 0 aromatic heterocycles. The highest BCUT2D eigenvalue weighted by atomic mass is 127. The van der Waals surface area contributed by atoms with Gasteiger partial charge in [0.25, 0.3) is 0 Å². The van der Waals surface area contributed by atoms with Crippen molar-refractivity contribution < 1.29 is 13.2 Å². The minimum absolute atomic E-state index is 0. The lowest BCUT2D eigenvalue weighted by molar-refractivity contribution is -0.137. The maximum atomic E-state index is 12.4. The SMILES string of the molecule is Cl.N=C(N)c1ccc(I)cc1C(F)(F)F. The topological polar surface area (TPSA) is 49.9 Å². The van der Waals surface area contributed by atoms with E-state index in [-0.39, 0.29) is 18.0 Å². The molecule has 0 aliphatic carbocycles. The average Bonchev–Trinajstić information content (AvgIpc) is 2.01. The molecular weight excluding hydrogens is 343 g/mol. The van der Waals surface area contributed by atoms with Crippen molar-refractivity contribution in [3.8, 4) is 0 Å². The molecule has 84 valence electrons. The third-order valence-corrected chi connectivity index (χ3v) is 2.25. The number of nitrogens with one attached hydrogen (secondary N) is 1. The van der Waals surface area contributed by atoms with Crippen LogP contribution in [0, 0.1) is 8.98 Å². The fourth-order valence-corrected chi connectivity index (χ4v) is 1.48. The van der Waals surface area contributed by atoms with Gasteiger partial charge in [0.15, 0.2) is 0 Å². The van der Waals surface area contributed by atoms with Crippen LogP contribution >= 0.6 is 35.0 Å². The number of amidine groups is 1. The van der Waals surface area contributed by atoms with Crippen LogP contribution in [0.3, 0.4) is 0 Å². The summed E-state index contributed by atoms with van der Waals surface area (Å²) in [5.41, 5.74) is 3.90. The monoisotopic (exact) mass is 350 g/mol. The van der Waals surface area contributed by atoms with E-state index in [1.807, 2.05) is 0 Å². The van der Waals surface area contributed by atoms with Crippen molar-refractivity contribution >= 4 is 40.8 Å². The van der Waals surface area contributed by atoms with E-state index in [9.17, 15) is 13.2 Å². The summed E-state index contributed by atoms with van der Waals surface area (Å²) in [4.78, 5) is 0. The number of alkyl halides is 3. The maximum Gasteiger partial charge on any atom is 0.417 e. The van der Waals surface area contributed by atoms with Crippen LogP contribution in [0.25, 0.3) is 0 Å². The van der Waals surface area contributed by atoms with Crippen LogP contribution in [-0.2, 0) is 6.18 Å². The highest BCUT2D eigenvalue weighted by Gasteiger charge is 2.34. The van der Waals surface area contributed by atoms with Crippen molar-refractivity contribution in [1.29, 1.82) is 5.41 Å². The molecule has 0 radical (unpaired) electrons. The number of rotatable bonds is 1. The van der Waals surface area contributed by atoms with Gasteiger partial charge in [0, 0.05) is 9.13 Å². The van der Waals surface area contributed by atoms with E-state index in [4.69, 9.17) is 11.1 Å². The first-order valence-electron chi connectivity index (χ1n) is 3.53. The van der Waals surface area contributed by atoms with E-state index in [1.165, 1.54) is 12.1 Å². The Morgan fingerprint density at radius 1 is 1.33 bits per heavy atom. The fraction of sp³-hybridized carbons (Fsp3) is 0.125. The standard InChI is InChI=1S/C8H6F3IN2.ClH/c9-8(10,11)6-3-4(12)1-2-5(6)7(13)14;/h1-3H,(H3,13,14);1H. The van der Waals surface area contributed by atoms with Gasteiger partial charge in [0.05, 0.1) is 5.56 Å². The second-order valence-electron chi connectivity index (χ2n) is 2.60. The largest absolute Gasteiger partial charge is 0.417 e. The van der Waals surface area contributed by atoms with Gasteiger partial charge in [-0.15, -0.1) is 12.4 Å². The average molecular weight is 351 g/mol. The number of hydrogen-bond acceptors (Lipinski definition) is 1. The number of benzene rings is 1. The van der Waals surface area contributed by atoms with Crippen LogP contribution in [0.1, 0.15) is 11.1 Å². The summed E-state index contributed by atoms with van der Waals surface area (Å²) in [7, 11) is 0. The summed E-state index contributed by atoms with van der Waals surface area (Å²) in [5.74, 6) is -0.575. The van der Waals surface area contributed by atoms with E-state index in [0.29, 0.717) is 3.57 Å². The predicted octanol–water partition coefficient (Wildman–Crippen LogP) is 3.02. The van der Waals surface area contributed by atoms with Gasteiger partial charge in [-0.1, -0.05) is 0 Å². The molecule has 15 heavy (non-hydrogen) atoms. The molecule has 0 heterocycles. The molecule has 0 spiro atoms. The van der Waals surface area contributed by atoms with Gasteiger partial charge in [-0.25, -0.2) is 0 Å². The van der Waals surface area contributed by atoms with Crippen molar-refractivity contribution in [2.24, 2.45) is 5.73 Å². The lowest BCUT2D eigenvalue weighted by Crippen LogP contribution is -2.18. The fourth-order valence-electron chi connectivity index (χ4n) is 0.986. The lowest BCUT2D eigenvalue weighted by Gasteiger charge is -2.11.